The van der Waals surface area contributed by atoms with E-state index in [-0.39, 0.29) is 18.1 Å². The topological polar surface area (TPSA) is 98.4 Å². The zero-order valence-electron chi connectivity index (χ0n) is 17.8. The zero-order valence-corrected chi connectivity index (χ0v) is 17.8. The molecule has 2 heterocycles. The number of ether oxygens (including phenoxy) is 2. The van der Waals surface area contributed by atoms with Crippen LogP contribution in [0.1, 0.15) is 67.1 Å². The van der Waals surface area contributed by atoms with E-state index in [9.17, 15) is 14.4 Å². The van der Waals surface area contributed by atoms with Crippen LogP contribution >= 0.6 is 0 Å². The number of aromatic nitrogens is 2. The Hall–Kier alpha value is -3.48. The number of para-hydroxylation sites is 1. The van der Waals surface area contributed by atoms with Gasteiger partial charge in [0.1, 0.15) is 5.69 Å². The van der Waals surface area contributed by atoms with Crippen LogP contribution in [0.25, 0.3) is 10.9 Å². The lowest BCUT2D eigenvalue weighted by atomic mass is 10.0. The van der Waals surface area contributed by atoms with Crippen molar-refractivity contribution in [2.24, 2.45) is 0 Å². The second-order valence-electron chi connectivity index (χ2n) is 7.63. The zero-order chi connectivity index (χ0) is 22.1. The molecule has 1 aliphatic carbocycles. The number of H-pyrrole nitrogens is 1. The lowest BCUT2D eigenvalue weighted by Gasteiger charge is -2.12. The van der Waals surface area contributed by atoms with Crippen molar-refractivity contribution in [1.82, 2.24) is 9.97 Å². The molecular formula is C24H24N2O5. The van der Waals surface area contributed by atoms with Gasteiger partial charge in [0.05, 0.1) is 17.7 Å². The summed E-state index contributed by atoms with van der Waals surface area (Å²) in [5.41, 5.74) is 4.71. The molecule has 160 valence electrons. The van der Waals surface area contributed by atoms with E-state index in [1.165, 1.54) is 0 Å². The van der Waals surface area contributed by atoms with Gasteiger partial charge in [-0.1, -0.05) is 18.2 Å². The van der Waals surface area contributed by atoms with Crippen LogP contribution in [-0.2, 0) is 22.3 Å². The minimum absolute atomic E-state index is 0.238. The van der Waals surface area contributed by atoms with Gasteiger partial charge in [0, 0.05) is 22.3 Å². The predicted octanol–water partition coefficient (Wildman–Crippen LogP) is 3.88. The van der Waals surface area contributed by atoms with E-state index in [0.29, 0.717) is 22.4 Å². The summed E-state index contributed by atoms with van der Waals surface area (Å²) in [5.74, 6) is -1.41. The number of rotatable bonds is 6. The summed E-state index contributed by atoms with van der Waals surface area (Å²) in [7, 11) is 0. The van der Waals surface area contributed by atoms with Gasteiger partial charge in [-0.3, -0.25) is 9.78 Å². The Bertz CT molecular complexity index is 1210. The Kier molecular flexibility index (Phi) is 5.59. The number of pyridine rings is 1. The summed E-state index contributed by atoms with van der Waals surface area (Å²) >= 11 is 0. The smallest absolute Gasteiger partial charge is 0.355 e. The van der Waals surface area contributed by atoms with Crippen LogP contribution in [0.2, 0.25) is 0 Å². The van der Waals surface area contributed by atoms with E-state index in [0.717, 1.165) is 41.4 Å². The van der Waals surface area contributed by atoms with E-state index in [1.54, 1.807) is 20.8 Å². The monoisotopic (exact) mass is 420 g/mol. The third kappa shape index (κ3) is 3.71. The molecule has 0 aliphatic heterocycles. The van der Waals surface area contributed by atoms with Crippen molar-refractivity contribution in [3.05, 3.63) is 63.6 Å². The Labute approximate surface area is 179 Å². The van der Waals surface area contributed by atoms with Crippen molar-refractivity contribution in [3.63, 3.8) is 0 Å². The molecule has 3 aromatic rings. The van der Waals surface area contributed by atoms with Crippen LogP contribution < -0.4 is 0 Å². The van der Waals surface area contributed by atoms with Gasteiger partial charge in [-0.15, -0.1) is 0 Å². The number of Topliss-reactive ketones (excluding diaryl/α,β-unsaturated/α-hetero) is 1. The molecule has 0 radical (unpaired) electrons. The summed E-state index contributed by atoms with van der Waals surface area (Å²) < 4.78 is 10.5. The Morgan fingerprint density at radius 2 is 1.81 bits per heavy atom. The SMILES string of the molecule is CCOC(=O)c1[nH]c(C)c(C(=O)COC(=O)c2c3c(nc4ccccc24)CCC3)c1C. The van der Waals surface area contributed by atoms with E-state index in [2.05, 4.69) is 9.97 Å². The second kappa shape index (κ2) is 8.34. The van der Waals surface area contributed by atoms with Gasteiger partial charge in [-0.2, -0.15) is 0 Å². The number of carbonyl (C=O) groups excluding carboxylic acids is 3. The van der Waals surface area contributed by atoms with Crippen LogP contribution in [0.4, 0.5) is 0 Å². The van der Waals surface area contributed by atoms with Crippen LogP contribution in [0.5, 0.6) is 0 Å². The van der Waals surface area contributed by atoms with Gasteiger partial charge in [-0.25, -0.2) is 9.59 Å². The summed E-state index contributed by atoms with van der Waals surface area (Å²) in [6.45, 7) is 4.92. The van der Waals surface area contributed by atoms with Crippen molar-refractivity contribution in [3.8, 4) is 0 Å². The molecule has 4 rings (SSSR count). The summed E-state index contributed by atoms with van der Waals surface area (Å²) in [5, 5.41) is 0.735. The van der Waals surface area contributed by atoms with E-state index in [1.807, 2.05) is 24.3 Å². The van der Waals surface area contributed by atoms with Gasteiger partial charge in [0.2, 0.25) is 5.78 Å². The summed E-state index contributed by atoms with van der Waals surface area (Å²) in [6.07, 6.45) is 2.54. The number of fused-ring (bicyclic) bond motifs is 2. The Balaban J connectivity index is 1.58. The first-order valence-corrected chi connectivity index (χ1v) is 10.4. The number of aryl methyl sites for hydroxylation is 2. The Morgan fingerprint density at radius 1 is 1.03 bits per heavy atom. The molecule has 0 unspecified atom stereocenters. The first-order chi connectivity index (χ1) is 14.9. The van der Waals surface area contributed by atoms with Gasteiger partial charge >= 0.3 is 11.9 Å². The summed E-state index contributed by atoms with van der Waals surface area (Å²) in [6, 6.07) is 7.47. The molecule has 0 spiro atoms. The van der Waals surface area contributed by atoms with Crippen molar-refractivity contribution < 1.29 is 23.9 Å². The largest absolute Gasteiger partial charge is 0.461 e. The molecule has 0 fully saturated rings. The number of esters is 2. The van der Waals surface area contributed by atoms with Gasteiger partial charge in [0.15, 0.2) is 6.61 Å². The fourth-order valence-electron chi connectivity index (χ4n) is 4.30. The fraction of sp³-hybridized carbons (Fsp3) is 0.333. The molecule has 1 aliphatic rings. The fourth-order valence-corrected chi connectivity index (χ4v) is 4.30. The molecule has 1 aromatic carbocycles. The van der Waals surface area contributed by atoms with Crippen LogP contribution in [-0.4, -0.2) is 40.9 Å². The number of aromatic amines is 1. The average Bonchev–Trinajstić information content (AvgIpc) is 3.33. The Morgan fingerprint density at radius 3 is 2.58 bits per heavy atom. The molecule has 7 heteroatoms. The molecular weight excluding hydrogens is 396 g/mol. The number of hydrogen-bond acceptors (Lipinski definition) is 6. The van der Waals surface area contributed by atoms with E-state index < -0.39 is 18.5 Å². The van der Waals surface area contributed by atoms with E-state index >= 15 is 0 Å². The highest BCUT2D eigenvalue weighted by molar-refractivity contribution is 6.07. The minimum atomic E-state index is -0.526. The van der Waals surface area contributed by atoms with Crippen molar-refractivity contribution in [2.45, 2.75) is 40.0 Å². The molecule has 0 bridgehead atoms. The minimum Gasteiger partial charge on any atom is -0.461 e. The molecule has 1 N–H and O–H groups in total. The highest BCUT2D eigenvalue weighted by Gasteiger charge is 2.27. The molecule has 7 nitrogen and oxygen atoms in total. The van der Waals surface area contributed by atoms with Gasteiger partial charge < -0.3 is 14.5 Å². The number of carbonyl (C=O) groups is 3. The molecule has 0 saturated carbocycles. The lowest BCUT2D eigenvalue weighted by Crippen LogP contribution is -2.17. The van der Waals surface area contributed by atoms with Crippen molar-refractivity contribution in [1.29, 1.82) is 0 Å². The van der Waals surface area contributed by atoms with Crippen LogP contribution in [0.15, 0.2) is 24.3 Å². The molecule has 0 atom stereocenters. The molecule has 0 saturated heterocycles. The van der Waals surface area contributed by atoms with Crippen LogP contribution in [0.3, 0.4) is 0 Å². The lowest BCUT2D eigenvalue weighted by molar-refractivity contribution is 0.0474. The van der Waals surface area contributed by atoms with Crippen molar-refractivity contribution in [2.75, 3.05) is 13.2 Å². The van der Waals surface area contributed by atoms with Crippen LogP contribution in [0, 0.1) is 13.8 Å². The third-order valence-electron chi connectivity index (χ3n) is 5.65. The quantitative estimate of drug-likeness (QED) is 0.480. The maximum atomic E-state index is 13.0. The summed E-state index contributed by atoms with van der Waals surface area (Å²) in [4.78, 5) is 45.6. The third-order valence-corrected chi connectivity index (χ3v) is 5.65. The number of benzene rings is 1. The second-order valence-corrected chi connectivity index (χ2v) is 7.63. The standard InChI is InChI=1S/C24H24N2O5/c1-4-30-24(29)22-13(2)20(14(3)25-22)19(27)12-31-23(28)21-15-8-5-6-10-17(15)26-18-11-7-9-16(18)21/h5-6,8,10,25H,4,7,9,11-12H2,1-3H3. The first kappa shape index (κ1) is 20.8. The van der Waals surface area contributed by atoms with Gasteiger partial charge in [0.25, 0.3) is 0 Å². The molecule has 2 aromatic heterocycles. The molecule has 31 heavy (non-hydrogen) atoms. The number of nitrogens with one attached hydrogen (secondary N) is 1. The first-order valence-electron chi connectivity index (χ1n) is 10.4. The number of ketones is 1. The molecule has 0 amide bonds. The number of hydrogen-bond donors (Lipinski definition) is 1. The highest BCUT2D eigenvalue weighted by Crippen LogP contribution is 2.30. The number of nitrogens with zero attached hydrogens (tertiary/aromatic N) is 1. The average molecular weight is 420 g/mol. The van der Waals surface area contributed by atoms with Crippen molar-refractivity contribution >= 4 is 28.6 Å². The predicted molar refractivity (Wildman–Crippen MR) is 115 cm³/mol. The normalized spacial score (nSPS) is 12.6. The van der Waals surface area contributed by atoms with E-state index in [4.69, 9.17) is 9.47 Å². The maximum Gasteiger partial charge on any atom is 0.355 e. The van der Waals surface area contributed by atoms with Gasteiger partial charge in [-0.05, 0) is 57.2 Å². The maximum absolute atomic E-state index is 13.0. The highest BCUT2D eigenvalue weighted by atomic mass is 16.5.